The minimum absolute atomic E-state index is 0.186. The molecule has 0 spiro atoms. The van der Waals surface area contributed by atoms with Crippen molar-refractivity contribution in [2.24, 2.45) is 0 Å². The van der Waals surface area contributed by atoms with Crippen LogP contribution in [0.15, 0.2) is 24.3 Å². The Kier molecular flexibility index (Phi) is 6.95. The van der Waals surface area contributed by atoms with Crippen LogP contribution in [-0.2, 0) is 9.53 Å². The van der Waals surface area contributed by atoms with E-state index in [0.29, 0.717) is 25.4 Å². The summed E-state index contributed by atoms with van der Waals surface area (Å²) in [5.74, 6) is 0.792. The second-order valence-corrected chi connectivity index (χ2v) is 8.64. The molecule has 1 aromatic heterocycles. The Morgan fingerprint density at radius 2 is 2.11 bits per heavy atom. The fourth-order valence-corrected chi connectivity index (χ4v) is 4.87. The van der Waals surface area contributed by atoms with E-state index in [9.17, 15) is 9.59 Å². The molecule has 6 nitrogen and oxygen atoms in total. The third-order valence-corrected chi connectivity index (χ3v) is 6.68. The number of amides is 2. The van der Waals surface area contributed by atoms with Crippen molar-refractivity contribution >= 4 is 45.3 Å². The molecule has 2 amide bonds. The van der Waals surface area contributed by atoms with Gasteiger partial charge in [-0.15, -0.1) is 11.3 Å². The number of carbonyl (C=O) groups excluding carboxylic acids is 2. The summed E-state index contributed by atoms with van der Waals surface area (Å²) < 4.78 is 6.02. The summed E-state index contributed by atoms with van der Waals surface area (Å²) in [5, 5.41) is 3.99. The van der Waals surface area contributed by atoms with E-state index in [2.05, 4.69) is 11.4 Å². The van der Waals surface area contributed by atoms with Crippen molar-refractivity contribution in [3.8, 4) is 0 Å². The molecule has 0 aliphatic carbocycles. The van der Waals surface area contributed by atoms with E-state index in [0.717, 1.165) is 29.1 Å². The zero-order valence-electron chi connectivity index (χ0n) is 15.6. The van der Waals surface area contributed by atoms with Crippen LogP contribution in [0.25, 0.3) is 10.2 Å². The van der Waals surface area contributed by atoms with Crippen LogP contribution in [0.5, 0.6) is 0 Å². The van der Waals surface area contributed by atoms with Crippen LogP contribution in [0, 0.1) is 0 Å². The lowest BCUT2D eigenvalue weighted by Crippen LogP contribution is -2.50. The highest BCUT2D eigenvalue weighted by molar-refractivity contribution is 7.98. The van der Waals surface area contributed by atoms with E-state index in [1.165, 1.54) is 11.8 Å². The fourth-order valence-electron chi connectivity index (χ4n) is 3.26. The molecule has 0 radical (unpaired) electrons. The number of methoxy groups -OCH3 is 1. The highest BCUT2D eigenvalue weighted by atomic mass is 32.2. The number of ether oxygens (including phenoxy) is 1. The van der Waals surface area contributed by atoms with Gasteiger partial charge in [-0.1, -0.05) is 12.1 Å². The monoisotopic (exact) mass is 407 g/mol. The molecule has 0 saturated carbocycles. The molecule has 1 aliphatic rings. The van der Waals surface area contributed by atoms with Gasteiger partial charge in [0.2, 0.25) is 0 Å². The minimum Gasteiger partial charge on any atom is -0.467 e. The average Bonchev–Trinajstić information content (AvgIpc) is 3.14. The number of esters is 1. The van der Waals surface area contributed by atoms with Crippen molar-refractivity contribution in [3.05, 3.63) is 29.3 Å². The lowest BCUT2D eigenvalue weighted by Gasteiger charge is -2.32. The maximum absolute atomic E-state index is 12.6. The van der Waals surface area contributed by atoms with E-state index in [-0.39, 0.29) is 12.0 Å². The number of benzene rings is 1. The SMILES string of the molecule is COC(=O)C(CCSC)NC(=O)N1CCC(c2nc3ccccc3s2)CC1. The number of fused-ring (bicyclic) bond motifs is 1. The quantitative estimate of drug-likeness (QED) is 0.743. The number of piperidine rings is 1. The molecule has 1 aliphatic heterocycles. The van der Waals surface area contributed by atoms with E-state index < -0.39 is 6.04 Å². The van der Waals surface area contributed by atoms with Gasteiger partial charge < -0.3 is 15.0 Å². The third kappa shape index (κ3) is 4.93. The number of para-hydroxylation sites is 1. The summed E-state index contributed by atoms with van der Waals surface area (Å²) >= 11 is 3.39. The van der Waals surface area contributed by atoms with Gasteiger partial charge in [0.25, 0.3) is 0 Å². The van der Waals surface area contributed by atoms with Crippen LogP contribution < -0.4 is 5.32 Å². The second kappa shape index (κ2) is 9.41. The maximum Gasteiger partial charge on any atom is 0.328 e. The smallest absolute Gasteiger partial charge is 0.328 e. The Morgan fingerprint density at radius 3 is 2.78 bits per heavy atom. The molecule has 146 valence electrons. The summed E-state index contributed by atoms with van der Waals surface area (Å²) in [4.78, 5) is 31.0. The van der Waals surface area contributed by atoms with Gasteiger partial charge in [0, 0.05) is 19.0 Å². The first-order valence-electron chi connectivity index (χ1n) is 9.10. The van der Waals surface area contributed by atoms with E-state index >= 15 is 0 Å². The number of thiazole rings is 1. The molecule has 8 heteroatoms. The lowest BCUT2D eigenvalue weighted by atomic mass is 9.98. The molecule has 1 fully saturated rings. The molecule has 1 aromatic carbocycles. The van der Waals surface area contributed by atoms with Crippen molar-refractivity contribution in [1.82, 2.24) is 15.2 Å². The summed E-state index contributed by atoms with van der Waals surface area (Å²) in [6.45, 7) is 1.34. The number of hydrogen-bond acceptors (Lipinski definition) is 6. The van der Waals surface area contributed by atoms with Gasteiger partial charge in [-0.25, -0.2) is 14.6 Å². The number of nitrogens with zero attached hydrogens (tertiary/aromatic N) is 2. The highest BCUT2D eigenvalue weighted by Gasteiger charge is 2.28. The summed E-state index contributed by atoms with van der Waals surface area (Å²) in [7, 11) is 1.35. The van der Waals surface area contributed by atoms with Gasteiger partial charge in [-0.2, -0.15) is 11.8 Å². The number of rotatable bonds is 6. The summed E-state index contributed by atoms with van der Waals surface area (Å²) in [5.41, 5.74) is 1.05. The Morgan fingerprint density at radius 1 is 1.37 bits per heavy atom. The molecule has 2 aromatic rings. The Hall–Kier alpha value is -1.80. The van der Waals surface area contributed by atoms with Crippen molar-refractivity contribution in [3.63, 3.8) is 0 Å². The Bertz CT molecular complexity index is 754. The van der Waals surface area contributed by atoms with Crippen LogP contribution in [0.4, 0.5) is 4.79 Å². The first-order valence-corrected chi connectivity index (χ1v) is 11.3. The molecule has 3 rings (SSSR count). The predicted molar refractivity (Wildman–Crippen MR) is 111 cm³/mol. The second-order valence-electron chi connectivity index (χ2n) is 6.59. The number of hydrogen-bond donors (Lipinski definition) is 1. The first kappa shape index (κ1) is 19.9. The average molecular weight is 408 g/mol. The van der Waals surface area contributed by atoms with Crippen molar-refractivity contribution in [1.29, 1.82) is 0 Å². The van der Waals surface area contributed by atoms with E-state index in [1.807, 2.05) is 24.5 Å². The summed E-state index contributed by atoms with van der Waals surface area (Å²) in [6.07, 6.45) is 4.33. The zero-order valence-corrected chi connectivity index (χ0v) is 17.3. The van der Waals surface area contributed by atoms with Crippen LogP contribution >= 0.6 is 23.1 Å². The largest absolute Gasteiger partial charge is 0.467 e. The standard InChI is InChI=1S/C19H25N3O3S2/c1-25-18(23)15(9-12-26-2)21-19(24)22-10-7-13(8-11-22)17-20-14-5-3-4-6-16(14)27-17/h3-6,13,15H,7-12H2,1-2H3,(H,21,24). The maximum atomic E-state index is 12.6. The molecule has 1 N–H and O–H groups in total. The van der Waals surface area contributed by atoms with Gasteiger partial charge in [-0.05, 0) is 43.4 Å². The highest BCUT2D eigenvalue weighted by Crippen LogP contribution is 2.33. The molecule has 1 unspecified atom stereocenters. The summed E-state index contributed by atoms with van der Waals surface area (Å²) in [6, 6.07) is 7.41. The van der Waals surface area contributed by atoms with E-state index in [1.54, 1.807) is 28.0 Å². The predicted octanol–water partition coefficient (Wildman–Crippen LogP) is 3.48. The lowest BCUT2D eigenvalue weighted by molar-refractivity contribution is -0.142. The number of aromatic nitrogens is 1. The number of urea groups is 1. The molecule has 27 heavy (non-hydrogen) atoms. The minimum atomic E-state index is -0.586. The number of nitrogens with one attached hydrogen (secondary N) is 1. The van der Waals surface area contributed by atoms with Crippen molar-refractivity contribution < 1.29 is 14.3 Å². The number of likely N-dealkylation sites (tertiary alicyclic amines) is 1. The van der Waals surface area contributed by atoms with Gasteiger partial charge in [0.05, 0.1) is 22.3 Å². The molecule has 2 heterocycles. The Labute approximate surface area is 167 Å². The van der Waals surface area contributed by atoms with Crippen LogP contribution in [0.2, 0.25) is 0 Å². The van der Waals surface area contributed by atoms with Crippen LogP contribution in [0.1, 0.15) is 30.2 Å². The fraction of sp³-hybridized carbons (Fsp3) is 0.526. The van der Waals surface area contributed by atoms with Gasteiger partial charge in [0.1, 0.15) is 6.04 Å². The van der Waals surface area contributed by atoms with Crippen LogP contribution in [0.3, 0.4) is 0 Å². The first-order chi connectivity index (χ1) is 13.1. The molecular formula is C19H25N3O3S2. The molecule has 1 saturated heterocycles. The van der Waals surface area contributed by atoms with Crippen molar-refractivity contribution in [2.45, 2.75) is 31.2 Å². The molecule has 1 atom stereocenters. The van der Waals surface area contributed by atoms with Crippen molar-refractivity contribution in [2.75, 3.05) is 32.2 Å². The number of thioether (sulfide) groups is 1. The molecular weight excluding hydrogens is 382 g/mol. The van der Waals surface area contributed by atoms with Gasteiger partial charge in [-0.3, -0.25) is 0 Å². The van der Waals surface area contributed by atoms with Gasteiger partial charge >= 0.3 is 12.0 Å². The van der Waals surface area contributed by atoms with Gasteiger partial charge in [0.15, 0.2) is 0 Å². The molecule has 0 bridgehead atoms. The normalized spacial score (nSPS) is 16.3. The topological polar surface area (TPSA) is 71.5 Å². The third-order valence-electron chi connectivity index (χ3n) is 4.84. The van der Waals surface area contributed by atoms with Crippen LogP contribution in [-0.4, -0.2) is 60.1 Å². The van der Waals surface area contributed by atoms with E-state index in [4.69, 9.17) is 9.72 Å². The zero-order chi connectivity index (χ0) is 19.2. The Balaban J connectivity index is 1.55. The number of carbonyl (C=O) groups is 2.